The van der Waals surface area contributed by atoms with Crippen LogP contribution in [0.3, 0.4) is 0 Å². The van der Waals surface area contributed by atoms with E-state index in [1.807, 2.05) is 0 Å². The maximum atomic E-state index is 12.2. The van der Waals surface area contributed by atoms with E-state index < -0.39 is 0 Å². The number of hydrogen-bond donors (Lipinski definition) is 3. The molecule has 0 aromatic carbocycles. The number of aromatic amines is 1. The van der Waals surface area contributed by atoms with Gasteiger partial charge >= 0.3 is 0 Å². The van der Waals surface area contributed by atoms with E-state index in [0.717, 1.165) is 18.5 Å². The number of amides is 1. The fraction of sp³-hybridized carbons (Fsp3) is 0.500. The van der Waals surface area contributed by atoms with Gasteiger partial charge in [0, 0.05) is 12.2 Å². The van der Waals surface area contributed by atoms with Crippen LogP contribution in [0.4, 0.5) is 0 Å². The molecule has 1 fully saturated rings. The molecule has 1 unspecified atom stereocenters. The highest BCUT2D eigenvalue weighted by atomic mass is 16.4. The van der Waals surface area contributed by atoms with Gasteiger partial charge in [0.1, 0.15) is 0 Å². The van der Waals surface area contributed by atoms with Crippen molar-refractivity contribution in [3.8, 4) is 0 Å². The van der Waals surface area contributed by atoms with Crippen molar-refractivity contribution in [1.29, 1.82) is 0 Å². The number of nitrogens with zero attached hydrogens (tertiary/aromatic N) is 3. The zero-order valence-corrected chi connectivity index (χ0v) is 9.55. The maximum Gasteiger partial charge on any atom is 0.257 e. The van der Waals surface area contributed by atoms with Crippen molar-refractivity contribution >= 4 is 11.7 Å². The summed E-state index contributed by atoms with van der Waals surface area (Å²) in [5.74, 6) is -0.0534. The Bertz CT molecular complexity index is 453. The van der Waals surface area contributed by atoms with Gasteiger partial charge in [0.05, 0.1) is 17.8 Å². The Labute approximate surface area is 98.3 Å². The zero-order chi connectivity index (χ0) is 12.4. The second-order valence-electron chi connectivity index (χ2n) is 4.09. The van der Waals surface area contributed by atoms with E-state index in [4.69, 9.17) is 10.9 Å². The predicted molar refractivity (Wildman–Crippen MR) is 60.8 cm³/mol. The Morgan fingerprint density at radius 1 is 1.76 bits per heavy atom. The molecule has 1 aliphatic rings. The van der Waals surface area contributed by atoms with Crippen molar-refractivity contribution in [2.24, 2.45) is 10.9 Å². The summed E-state index contributed by atoms with van der Waals surface area (Å²) in [7, 11) is 0. The first-order valence-electron chi connectivity index (χ1n) is 5.43. The monoisotopic (exact) mass is 237 g/mol. The van der Waals surface area contributed by atoms with E-state index in [0.29, 0.717) is 12.1 Å². The third kappa shape index (κ3) is 1.95. The van der Waals surface area contributed by atoms with Crippen LogP contribution >= 0.6 is 0 Å². The molecule has 1 aromatic rings. The van der Waals surface area contributed by atoms with Crippen LogP contribution in [0.2, 0.25) is 0 Å². The first kappa shape index (κ1) is 11.4. The summed E-state index contributed by atoms with van der Waals surface area (Å²) in [6.45, 7) is 2.40. The Morgan fingerprint density at radius 2 is 2.53 bits per heavy atom. The van der Waals surface area contributed by atoms with Gasteiger partial charge in [0.25, 0.3) is 5.91 Å². The summed E-state index contributed by atoms with van der Waals surface area (Å²) < 4.78 is 0. The van der Waals surface area contributed by atoms with Crippen LogP contribution in [-0.4, -0.2) is 44.6 Å². The van der Waals surface area contributed by atoms with Crippen LogP contribution < -0.4 is 5.73 Å². The molecule has 1 amide bonds. The summed E-state index contributed by atoms with van der Waals surface area (Å²) in [4.78, 5) is 13.9. The number of hydrogen-bond acceptors (Lipinski definition) is 4. The Balaban J connectivity index is 2.23. The summed E-state index contributed by atoms with van der Waals surface area (Å²) in [6.07, 6.45) is 3.07. The molecule has 2 heterocycles. The topological polar surface area (TPSA) is 108 Å². The molecule has 4 N–H and O–H groups in total. The van der Waals surface area contributed by atoms with Crippen LogP contribution in [0.15, 0.2) is 11.4 Å². The van der Waals surface area contributed by atoms with Crippen molar-refractivity contribution < 1.29 is 10.0 Å². The minimum atomic E-state index is -0.318. The lowest BCUT2D eigenvalue weighted by Crippen LogP contribution is -2.44. The minimum Gasteiger partial charge on any atom is -0.409 e. The number of carbonyl (C=O) groups excluding carboxylic acids is 1. The van der Waals surface area contributed by atoms with Crippen LogP contribution in [0.5, 0.6) is 0 Å². The van der Waals surface area contributed by atoms with Gasteiger partial charge in [-0.1, -0.05) is 5.16 Å². The molecule has 2 rings (SSSR count). The fourth-order valence-electron chi connectivity index (χ4n) is 2.10. The average molecular weight is 237 g/mol. The summed E-state index contributed by atoms with van der Waals surface area (Å²) in [6, 6.07) is -0.318. The number of likely N-dealkylation sites (tertiary alicyclic amines) is 1. The van der Waals surface area contributed by atoms with Gasteiger partial charge in [-0.2, -0.15) is 5.10 Å². The Kier molecular flexibility index (Phi) is 2.99. The predicted octanol–water partition coefficient (Wildman–Crippen LogP) is 0.0691. The summed E-state index contributed by atoms with van der Waals surface area (Å²) >= 11 is 0. The average Bonchev–Trinajstić information content (AvgIpc) is 2.95. The third-order valence-electron chi connectivity index (χ3n) is 3.03. The van der Waals surface area contributed by atoms with Gasteiger partial charge in [0.2, 0.25) is 0 Å². The molecule has 0 aliphatic carbocycles. The molecule has 7 nitrogen and oxygen atoms in total. The molecule has 1 saturated heterocycles. The van der Waals surface area contributed by atoms with Gasteiger partial charge in [-0.3, -0.25) is 9.89 Å². The van der Waals surface area contributed by atoms with Crippen molar-refractivity contribution in [2.75, 3.05) is 6.54 Å². The van der Waals surface area contributed by atoms with Crippen LogP contribution in [0, 0.1) is 6.92 Å². The number of nitrogens with two attached hydrogens (primary N) is 1. The molecule has 0 spiro atoms. The number of oxime groups is 1. The number of aromatic nitrogens is 2. The molecule has 92 valence electrons. The van der Waals surface area contributed by atoms with Crippen molar-refractivity contribution in [1.82, 2.24) is 15.1 Å². The number of aryl methyl sites for hydroxylation is 1. The molecule has 0 radical (unpaired) electrons. The van der Waals surface area contributed by atoms with Crippen LogP contribution in [-0.2, 0) is 0 Å². The summed E-state index contributed by atoms with van der Waals surface area (Å²) in [5.41, 5.74) is 6.83. The highest BCUT2D eigenvalue weighted by molar-refractivity contribution is 5.99. The molecule has 0 saturated carbocycles. The number of nitrogens with one attached hydrogen (secondary N) is 1. The molecule has 1 atom stereocenters. The lowest BCUT2D eigenvalue weighted by molar-refractivity contribution is 0.0767. The van der Waals surface area contributed by atoms with Crippen LogP contribution in [0.1, 0.15) is 28.9 Å². The Morgan fingerprint density at radius 3 is 3.12 bits per heavy atom. The number of H-pyrrole nitrogens is 1. The van der Waals surface area contributed by atoms with Crippen molar-refractivity contribution in [3.63, 3.8) is 0 Å². The second-order valence-corrected chi connectivity index (χ2v) is 4.09. The first-order chi connectivity index (χ1) is 8.15. The first-order valence-corrected chi connectivity index (χ1v) is 5.43. The third-order valence-corrected chi connectivity index (χ3v) is 3.03. The lowest BCUT2D eigenvalue weighted by Gasteiger charge is -2.23. The van der Waals surface area contributed by atoms with Crippen LogP contribution in [0.25, 0.3) is 0 Å². The quantitative estimate of drug-likeness (QED) is 0.293. The smallest absolute Gasteiger partial charge is 0.257 e. The standard InChI is InChI=1S/C10H15N5O2/c1-6-7(5-12-13-6)10(16)15-4-2-3-8(15)9(11)14-17/h5,8,17H,2-4H2,1H3,(H2,11,14)(H,12,13). The minimum absolute atomic E-state index is 0.0806. The van der Waals surface area contributed by atoms with E-state index in [9.17, 15) is 4.79 Å². The fourth-order valence-corrected chi connectivity index (χ4v) is 2.10. The molecule has 17 heavy (non-hydrogen) atoms. The molecular weight excluding hydrogens is 222 g/mol. The normalized spacial score (nSPS) is 20.9. The maximum absolute atomic E-state index is 12.2. The number of carbonyl (C=O) groups is 1. The highest BCUT2D eigenvalue weighted by Crippen LogP contribution is 2.20. The molecule has 1 aromatic heterocycles. The van der Waals surface area contributed by atoms with E-state index >= 15 is 0 Å². The van der Waals surface area contributed by atoms with E-state index in [1.54, 1.807) is 11.8 Å². The second kappa shape index (κ2) is 4.44. The van der Waals surface area contributed by atoms with E-state index in [2.05, 4.69) is 15.4 Å². The lowest BCUT2D eigenvalue weighted by atomic mass is 10.2. The van der Waals surface area contributed by atoms with E-state index in [1.165, 1.54) is 6.20 Å². The zero-order valence-electron chi connectivity index (χ0n) is 9.55. The van der Waals surface area contributed by atoms with E-state index in [-0.39, 0.29) is 17.8 Å². The molecule has 7 heteroatoms. The largest absolute Gasteiger partial charge is 0.409 e. The van der Waals surface area contributed by atoms with Gasteiger partial charge in [-0.05, 0) is 19.8 Å². The Hall–Kier alpha value is -2.05. The number of rotatable bonds is 2. The van der Waals surface area contributed by atoms with Gasteiger partial charge < -0.3 is 15.8 Å². The molecule has 1 aliphatic heterocycles. The van der Waals surface area contributed by atoms with Crippen molar-refractivity contribution in [2.45, 2.75) is 25.8 Å². The number of amidine groups is 1. The SMILES string of the molecule is Cc1[nH]ncc1C(=O)N1CCCC1C(N)=NO. The van der Waals surface area contributed by atoms with Gasteiger partial charge in [-0.15, -0.1) is 0 Å². The highest BCUT2D eigenvalue weighted by Gasteiger charge is 2.33. The summed E-state index contributed by atoms with van der Waals surface area (Å²) in [5, 5.41) is 18.2. The molecular formula is C10H15N5O2. The molecule has 0 bridgehead atoms. The van der Waals surface area contributed by atoms with Crippen molar-refractivity contribution in [3.05, 3.63) is 17.5 Å². The van der Waals surface area contributed by atoms with Gasteiger partial charge in [-0.25, -0.2) is 0 Å². The van der Waals surface area contributed by atoms with Gasteiger partial charge in [0.15, 0.2) is 5.84 Å².